The Hall–Kier alpha value is -0.840. The van der Waals surface area contributed by atoms with Crippen LogP contribution in [0.5, 0.6) is 0 Å². The molecule has 0 spiro atoms. The molecule has 5 saturated heterocycles. The Morgan fingerprint density at radius 3 is 1.56 bits per heavy atom. The van der Waals surface area contributed by atoms with Gasteiger partial charge >= 0.3 is 0 Å². The molecule has 0 aromatic rings. The van der Waals surface area contributed by atoms with E-state index < -0.39 is 155 Å². The van der Waals surface area contributed by atoms with Gasteiger partial charge < -0.3 is 103 Å². The summed E-state index contributed by atoms with van der Waals surface area (Å²) in [5.41, 5.74) is 0. The normalized spacial score (nSPS) is 51.9. The quantitative estimate of drug-likeness (QED) is 0.0846. The molecule has 21 nitrogen and oxygen atoms in total. The second-order valence-corrected chi connectivity index (χ2v) is 14.3. The Balaban J connectivity index is 1.20. The van der Waals surface area contributed by atoms with Gasteiger partial charge in [-0.1, -0.05) is 0 Å². The van der Waals surface area contributed by atoms with Crippen molar-refractivity contribution in [3.63, 3.8) is 0 Å². The van der Waals surface area contributed by atoms with Crippen molar-refractivity contribution in [1.29, 1.82) is 0 Å². The highest BCUT2D eigenvalue weighted by Gasteiger charge is 2.54. The Morgan fingerprint density at radius 2 is 0.944 bits per heavy atom. The molecule has 5 aliphatic heterocycles. The molecule has 1 unspecified atom stereocenters. The number of aliphatic hydroxyl groups excluding tert-OH is 9. The van der Waals surface area contributed by atoms with Gasteiger partial charge in [-0.3, -0.25) is 0 Å². The number of ether oxygens (including phenoxy) is 12. The van der Waals surface area contributed by atoms with E-state index in [1.54, 1.807) is 20.8 Å². The van der Waals surface area contributed by atoms with Crippen LogP contribution in [0.15, 0.2) is 0 Å². The SMILES string of the molecule is CO[C@@H]1[C@@H](O)[C@H](O[C@H]2[C@@H](OC)C[C@H](O[C@H]3[C@@H](OC)CC(O)O[C@@H]3C)O[C@@H]2C)O[C@H](C)[C@H]1O[C@@H]1O[C@H](CO)[C@@H](O[C@@H]2O[C@H](CO)[C@@H](O)[C@H](O)[C@H]2O)[C@H](O)[C@H]1O. The van der Waals surface area contributed by atoms with E-state index in [1.165, 1.54) is 21.3 Å². The third-order valence-electron chi connectivity index (χ3n) is 10.7. The molecule has 0 bridgehead atoms. The maximum atomic E-state index is 11.4. The zero-order chi connectivity index (χ0) is 39.6. The number of rotatable bonds is 13. The van der Waals surface area contributed by atoms with Crippen molar-refractivity contribution in [3.05, 3.63) is 0 Å². The van der Waals surface area contributed by atoms with E-state index in [4.69, 9.17) is 56.8 Å². The van der Waals surface area contributed by atoms with Crippen LogP contribution in [0.25, 0.3) is 0 Å². The van der Waals surface area contributed by atoms with Gasteiger partial charge in [0.05, 0.1) is 43.7 Å². The van der Waals surface area contributed by atoms with Gasteiger partial charge in [0.2, 0.25) is 0 Å². The second kappa shape index (κ2) is 19.3. The fourth-order valence-electron chi connectivity index (χ4n) is 7.67. The number of methoxy groups -OCH3 is 3. The Bertz CT molecular complexity index is 1140. The minimum atomic E-state index is -1.83. The van der Waals surface area contributed by atoms with E-state index in [2.05, 4.69) is 0 Å². The largest absolute Gasteiger partial charge is 0.394 e. The molecule has 5 rings (SSSR count). The van der Waals surface area contributed by atoms with Gasteiger partial charge in [-0.05, 0) is 20.8 Å². The van der Waals surface area contributed by atoms with Gasteiger partial charge in [0.15, 0.2) is 31.5 Å². The molecule has 0 radical (unpaired) electrons. The van der Waals surface area contributed by atoms with Crippen molar-refractivity contribution in [2.45, 2.75) is 175 Å². The first kappa shape index (κ1) is 44.3. The maximum absolute atomic E-state index is 11.4. The molecule has 316 valence electrons. The summed E-state index contributed by atoms with van der Waals surface area (Å²) in [6, 6.07) is 0. The number of hydrogen-bond acceptors (Lipinski definition) is 21. The van der Waals surface area contributed by atoms with E-state index in [-0.39, 0.29) is 12.8 Å². The molecule has 0 amide bonds. The average Bonchev–Trinajstić information content (AvgIpc) is 3.14. The molecule has 5 heterocycles. The van der Waals surface area contributed by atoms with Crippen molar-refractivity contribution < 1.29 is 103 Å². The molecule has 23 atom stereocenters. The predicted octanol–water partition coefficient (Wildman–Crippen LogP) is -4.82. The van der Waals surface area contributed by atoms with Crippen LogP contribution in [0.4, 0.5) is 0 Å². The van der Waals surface area contributed by atoms with Gasteiger partial charge in [-0.15, -0.1) is 0 Å². The monoisotopic (exact) mass is 790 g/mol. The summed E-state index contributed by atoms with van der Waals surface area (Å²) >= 11 is 0. The standard InChI is InChI=1S/C33H58O21/c1-11-26(14(43-4)7-18(36)46-11)51-19-8-15(44-5)27(12(2)47-19)52-33-25(42)30(45-6)28(13(3)48-33)53-32-24(41)22(39)29(17(10-35)50-32)54-31-23(40)21(38)20(37)16(9-34)49-31/h11-42H,7-10H2,1-6H3/t11-,12-,13-,14+,15+,16-,17-,18?,19+,20-,21+,22-,23-,24-,25-,26-,27-,28-,29-,30-,31+,32+,33+/m1/s1. The Labute approximate surface area is 312 Å². The lowest BCUT2D eigenvalue weighted by Gasteiger charge is -2.49. The molecule has 21 heteroatoms. The van der Waals surface area contributed by atoms with Crippen molar-refractivity contribution >= 4 is 0 Å². The molecule has 5 aliphatic rings. The zero-order valence-corrected chi connectivity index (χ0v) is 31.0. The first-order valence-electron chi connectivity index (χ1n) is 18.1. The van der Waals surface area contributed by atoms with Crippen molar-refractivity contribution in [3.8, 4) is 0 Å². The van der Waals surface area contributed by atoms with Crippen molar-refractivity contribution in [2.75, 3.05) is 34.5 Å². The molecule has 9 N–H and O–H groups in total. The third-order valence-corrected chi connectivity index (χ3v) is 10.7. The molecule has 0 aromatic carbocycles. The summed E-state index contributed by atoms with van der Waals surface area (Å²) in [7, 11) is 4.35. The van der Waals surface area contributed by atoms with Gasteiger partial charge in [0.25, 0.3) is 0 Å². The molecule has 0 aromatic heterocycles. The fraction of sp³-hybridized carbons (Fsp3) is 1.00. The Kier molecular flexibility index (Phi) is 15.8. The van der Waals surface area contributed by atoms with E-state index in [1.807, 2.05) is 0 Å². The lowest BCUT2D eigenvalue weighted by molar-refractivity contribution is -0.384. The highest BCUT2D eigenvalue weighted by molar-refractivity contribution is 4.97. The summed E-state index contributed by atoms with van der Waals surface area (Å²) in [5.74, 6) is 0. The van der Waals surface area contributed by atoms with E-state index >= 15 is 0 Å². The Morgan fingerprint density at radius 1 is 0.444 bits per heavy atom. The van der Waals surface area contributed by atoms with Crippen LogP contribution in [-0.2, 0) is 56.8 Å². The van der Waals surface area contributed by atoms with Crippen LogP contribution in [0.3, 0.4) is 0 Å². The maximum Gasteiger partial charge on any atom is 0.187 e. The van der Waals surface area contributed by atoms with Crippen LogP contribution in [0.1, 0.15) is 33.6 Å². The van der Waals surface area contributed by atoms with Crippen LogP contribution in [-0.4, -0.2) is 222 Å². The molecule has 0 saturated carbocycles. The van der Waals surface area contributed by atoms with Gasteiger partial charge in [0.1, 0.15) is 79.4 Å². The summed E-state index contributed by atoms with van der Waals surface area (Å²) in [6.45, 7) is 3.62. The smallest absolute Gasteiger partial charge is 0.187 e. The molecule has 54 heavy (non-hydrogen) atoms. The van der Waals surface area contributed by atoms with Crippen LogP contribution in [0, 0.1) is 0 Å². The minimum Gasteiger partial charge on any atom is -0.394 e. The fourth-order valence-corrected chi connectivity index (χ4v) is 7.67. The second-order valence-electron chi connectivity index (χ2n) is 14.3. The number of aliphatic hydroxyl groups is 9. The van der Waals surface area contributed by atoms with E-state index in [0.29, 0.717) is 0 Å². The molecular formula is C33H58O21. The highest BCUT2D eigenvalue weighted by Crippen LogP contribution is 2.36. The average molecular weight is 791 g/mol. The van der Waals surface area contributed by atoms with Crippen LogP contribution < -0.4 is 0 Å². The molecular weight excluding hydrogens is 732 g/mol. The summed E-state index contributed by atoms with van der Waals surface area (Å²) in [4.78, 5) is 0. The molecule has 5 fully saturated rings. The summed E-state index contributed by atoms with van der Waals surface area (Å²) in [6.07, 6.45) is -27.0. The van der Waals surface area contributed by atoms with Crippen LogP contribution >= 0.6 is 0 Å². The third kappa shape index (κ3) is 9.38. The first-order valence-corrected chi connectivity index (χ1v) is 18.1. The highest BCUT2D eigenvalue weighted by atomic mass is 16.8. The lowest BCUT2D eigenvalue weighted by Crippen LogP contribution is -2.66. The number of hydrogen-bond donors (Lipinski definition) is 9. The van der Waals surface area contributed by atoms with Crippen molar-refractivity contribution in [2.24, 2.45) is 0 Å². The van der Waals surface area contributed by atoms with Crippen molar-refractivity contribution in [1.82, 2.24) is 0 Å². The summed E-state index contributed by atoms with van der Waals surface area (Å²) in [5, 5.41) is 93.8. The summed E-state index contributed by atoms with van der Waals surface area (Å²) < 4.78 is 69.9. The van der Waals surface area contributed by atoms with Crippen LogP contribution in [0.2, 0.25) is 0 Å². The van der Waals surface area contributed by atoms with E-state index in [0.717, 1.165) is 0 Å². The van der Waals surface area contributed by atoms with Gasteiger partial charge in [0, 0.05) is 34.2 Å². The minimum absolute atomic E-state index is 0.225. The van der Waals surface area contributed by atoms with Gasteiger partial charge in [-0.2, -0.15) is 0 Å². The van der Waals surface area contributed by atoms with Gasteiger partial charge in [-0.25, -0.2) is 0 Å². The first-order chi connectivity index (χ1) is 25.7. The lowest BCUT2D eigenvalue weighted by atomic mass is 9.96. The van der Waals surface area contributed by atoms with E-state index in [9.17, 15) is 46.0 Å². The predicted molar refractivity (Wildman–Crippen MR) is 174 cm³/mol. The topological polar surface area (TPSA) is 293 Å². The molecule has 0 aliphatic carbocycles. The zero-order valence-electron chi connectivity index (χ0n) is 31.0.